The first-order chi connectivity index (χ1) is 9.61. The Morgan fingerprint density at radius 3 is 3.05 bits per heavy atom. The maximum Gasteiger partial charge on any atom is 0.356 e. The molecule has 1 atom stereocenters. The number of amides is 2. The molecule has 2 amide bonds. The van der Waals surface area contributed by atoms with E-state index >= 15 is 0 Å². The minimum absolute atomic E-state index is 0.136. The summed E-state index contributed by atoms with van der Waals surface area (Å²) in [5.74, 6) is -1.21. The van der Waals surface area contributed by atoms with E-state index in [0.29, 0.717) is 13.2 Å². The zero-order chi connectivity index (χ0) is 14.5. The van der Waals surface area contributed by atoms with Crippen LogP contribution in [0.3, 0.4) is 0 Å². The van der Waals surface area contributed by atoms with E-state index in [2.05, 4.69) is 10.3 Å². The topological polar surface area (TPSA) is 112 Å². The Bertz CT molecular complexity index is 508. The monoisotopic (exact) mass is 281 g/mol. The zero-order valence-electron chi connectivity index (χ0n) is 10.7. The SMILES string of the molecule is O=C(O)c1ncccc1NC(=O)N1CCOC(CO)C1. The number of nitrogens with zero attached hydrogens (tertiary/aromatic N) is 2. The van der Waals surface area contributed by atoms with Gasteiger partial charge in [0.15, 0.2) is 5.69 Å². The van der Waals surface area contributed by atoms with E-state index in [1.54, 1.807) is 0 Å². The lowest BCUT2D eigenvalue weighted by Gasteiger charge is -2.32. The highest BCUT2D eigenvalue weighted by atomic mass is 16.5. The van der Waals surface area contributed by atoms with Crippen LogP contribution in [0.4, 0.5) is 10.5 Å². The van der Waals surface area contributed by atoms with Gasteiger partial charge in [0.2, 0.25) is 0 Å². The maximum absolute atomic E-state index is 12.1. The number of aromatic nitrogens is 1. The Kier molecular flexibility index (Phi) is 4.49. The summed E-state index contributed by atoms with van der Waals surface area (Å²) >= 11 is 0. The van der Waals surface area contributed by atoms with E-state index in [-0.39, 0.29) is 24.5 Å². The number of morpholine rings is 1. The number of carbonyl (C=O) groups excluding carboxylic acids is 1. The van der Waals surface area contributed by atoms with Gasteiger partial charge in [-0.15, -0.1) is 0 Å². The number of aliphatic hydroxyl groups excluding tert-OH is 1. The molecule has 0 saturated carbocycles. The number of carboxylic acid groups (broad SMARTS) is 1. The molecule has 1 aliphatic rings. The van der Waals surface area contributed by atoms with Crippen molar-refractivity contribution in [2.75, 3.05) is 31.6 Å². The number of carbonyl (C=O) groups is 2. The minimum atomic E-state index is -1.21. The van der Waals surface area contributed by atoms with Gasteiger partial charge < -0.3 is 25.2 Å². The normalized spacial score (nSPS) is 18.6. The van der Waals surface area contributed by atoms with Gasteiger partial charge in [0.05, 0.1) is 31.5 Å². The number of hydrogen-bond acceptors (Lipinski definition) is 5. The van der Waals surface area contributed by atoms with Crippen molar-refractivity contribution in [3.05, 3.63) is 24.0 Å². The molecule has 108 valence electrons. The molecular weight excluding hydrogens is 266 g/mol. The van der Waals surface area contributed by atoms with Crippen molar-refractivity contribution in [3.8, 4) is 0 Å². The van der Waals surface area contributed by atoms with Gasteiger partial charge in [0.25, 0.3) is 0 Å². The molecule has 2 rings (SSSR count). The summed E-state index contributed by atoms with van der Waals surface area (Å²) in [6, 6.07) is 2.57. The second-order valence-corrected chi connectivity index (χ2v) is 4.26. The molecule has 0 spiro atoms. The predicted octanol–water partition coefficient (Wildman–Crippen LogP) is 0.00480. The zero-order valence-corrected chi connectivity index (χ0v) is 10.7. The van der Waals surface area contributed by atoms with Crippen LogP contribution in [0.15, 0.2) is 18.3 Å². The second kappa shape index (κ2) is 6.31. The molecule has 1 aliphatic heterocycles. The summed E-state index contributed by atoms with van der Waals surface area (Å²) in [4.78, 5) is 28.2. The number of ether oxygens (including phenoxy) is 1. The average Bonchev–Trinajstić information content (AvgIpc) is 2.47. The second-order valence-electron chi connectivity index (χ2n) is 4.26. The molecule has 1 aromatic rings. The highest BCUT2D eigenvalue weighted by molar-refractivity contribution is 5.98. The smallest absolute Gasteiger partial charge is 0.356 e. The van der Waals surface area contributed by atoms with Crippen molar-refractivity contribution >= 4 is 17.7 Å². The van der Waals surface area contributed by atoms with Crippen molar-refractivity contribution in [1.82, 2.24) is 9.88 Å². The first kappa shape index (κ1) is 14.2. The highest BCUT2D eigenvalue weighted by Gasteiger charge is 2.24. The third-order valence-electron chi connectivity index (χ3n) is 2.88. The van der Waals surface area contributed by atoms with Gasteiger partial charge in [0.1, 0.15) is 0 Å². The van der Waals surface area contributed by atoms with Crippen LogP contribution >= 0.6 is 0 Å². The fraction of sp³-hybridized carbons (Fsp3) is 0.417. The van der Waals surface area contributed by atoms with Crippen LogP contribution in [0.5, 0.6) is 0 Å². The Balaban J connectivity index is 2.06. The van der Waals surface area contributed by atoms with Crippen LogP contribution in [0, 0.1) is 0 Å². The van der Waals surface area contributed by atoms with E-state index in [0.717, 1.165) is 0 Å². The van der Waals surface area contributed by atoms with Crippen molar-refractivity contribution in [2.45, 2.75) is 6.10 Å². The van der Waals surface area contributed by atoms with Crippen LogP contribution in [0.2, 0.25) is 0 Å². The maximum atomic E-state index is 12.1. The fourth-order valence-electron chi connectivity index (χ4n) is 1.89. The summed E-state index contributed by atoms with van der Waals surface area (Å²) in [5.41, 5.74) is -0.0788. The highest BCUT2D eigenvalue weighted by Crippen LogP contribution is 2.14. The summed E-state index contributed by atoms with van der Waals surface area (Å²) in [6.45, 7) is 0.796. The number of urea groups is 1. The standard InChI is InChI=1S/C12H15N3O5/c16-7-8-6-15(4-5-20-8)12(19)14-9-2-1-3-13-10(9)11(17)18/h1-3,8,16H,4-7H2,(H,14,19)(H,17,18). The summed E-state index contributed by atoms with van der Waals surface area (Å²) in [7, 11) is 0. The van der Waals surface area contributed by atoms with Crippen LogP contribution in [0.25, 0.3) is 0 Å². The molecule has 1 aromatic heterocycles. The largest absolute Gasteiger partial charge is 0.476 e. The number of rotatable bonds is 3. The molecule has 0 aromatic carbocycles. The number of nitrogens with one attached hydrogen (secondary N) is 1. The Morgan fingerprint density at radius 1 is 1.55 bits per heavy atom. The lowest BCUT2D eigenvalue weighted by atomic mass is 10.3. The van der Waals surface area contributed by atoms with Gasteiger partial charge in [-0.25, -0.2) is 14.6 Å². The molecule has 20 heavy (non-hydrogen) atoms. The quantitative estimate of drug-likeness (QED) is 0.719. The summed E-state index contributed by atoms with van der Waals surface area (Å²) < 4.78 is 5.24. The van der Waals surface area contributed by atoms with Gasteiger partial charge in [-0.1, -0.05) is 0 Å². The fourth-order valence-corrected chi connectivity index (χ4v) is 1.89. The number of pyridine rings is 1. The van der Waals surface area contributed by atoms with Crippen LogP contribution < -0.4 is 5.32 Å². The van der Waals surface area contributed by atoms with Gasteiger partial charge >= 0.3 is 12.0 Å². The van der Waals surface area contributed by atoms with Crippen molar-refractivity contribution in [2.24, 2.45) is 0 Å². The molecule has 8 nitrogen and oxygen atoms in total. The molecule has 0 radical (unpaired) electrons. The summed E-state index contributed by atoms with van der Waals surface area (Å²) in [6.07, 6.45) is 0.928. The molecule has 1 fully saturated rings. The molecule has 8 heteroatoms. The Morgan fingerprint density at radius 2 is 2.35 bits per heavy atom. The van der Waals surface area contributed by atoms with Gasteiger partial charge in [-0.2, -0.15) is 0 Å². The number of anilines is 1. The van der Waals surface area contributed by atoms with Gasteiger partial charge in [0, 0.05) is 12.7 Å². The van der Waals surface area contributed by atoms with Crippen LogP contribution in [-0.4, -0.2) is 64.5 Å². The van der Waals surface area contributed by atoms with E-state index in [1.807, 2.05) is 0 Å². The molecule has 3 N–H and O–H groups in total. The number of aliphatic hydroxyl groups is 1. The van der Waals surface area contributed by atoms with E-state index in [9.17, 15) is 9.59 Å². The van der Waals surface area contributed by atoms with Gasteiger partial charge in [-0.05, 0) is 12.1 Å². The van der Waals surface area contributed by atoms with Crippen molar-refractivity contribution in [3.63, 3.8) is 0 Å². The lowest BCUT2D eigenvalue weighted by Crippen LogP contribution is -2.48. The third-order valence-corrected chi connectivity index (χ3v) is 2.88. The van der Waals surface area contributed by atoms with Gasteiger partial charge in [-0.3, -0.25) is 0 Å². The third kappa shape index (κ3) is 3.22. The molecule has 0 bridgehead atoms. The molecule has 2 heterocycles. The molecule has 1 unspecified atom stereocenters. The van der Waals surface area contributed by atoms with Crippen molar-refractivity contribution < 1.29 is 24.5 Å². The lowest BCUT2D eigenvalue weighted by molar-refractivity contribution is -0.0388. The number of carboxylic acids is 1. The Hall–Kier alpha value is -2.19. The predicted molar refractivity (Wildman–Crippen MR) is 68.6 cm³/mol. The van der Waals surface area contributed by atoms with Crippen LogP contribution in [0.1, 0.15) is 10.5 Å². The summed E-state index contributed by atoms with van der Waals surface area (Å²) in [5, 5.41) is 20.5. The average molecular weight is 281 g/mol. The first-order valence-corrected chi connectivity index (χ1v) is 6.08. The molecule has 1 saturated heterocycles. The van der Waals surface area contributed by atoms with Crippen molar-refractivity contribution in [1.29, 1.82) is 0 Å². The minimum Gasteiger partial charge on any atom is -0.476 e. The van der Waals surface area contributed by atoms with E-state index in [4.69, 9.17) is 14.9 Å². The van der Waals surface area contributed by atoms with E-state index < -0.39 is 18.1 Å². The number of hydrogen-bond donors (Lipinski definition) is 3. The van der Waals surface area contributed by atoms with Crippen LogP contribution in [-0.2, 0) is 4.74 Å². The molecular formula is C12H15N3O5. The van der Waals surface area contributed by atoms with E-state index in [1.165, 1.54) is 23.2 Å². The number of aromatic carboxylic acids is 1. The molecule has 0 aliphatic carbocycles. The first-order valence-electron chi connectivity index (χ1n) is 6.08. The Labute approximate surface area is 115 Å².